The van der Waals surface area contributed by atoms with Gasteiger partial charge in [0.15, 0.2) is 5.15 Å². The van der Waals surface area contributed by atoms with Gasteiger partial charge in [0.25, 0.3) is 0 Å². The Morgan fingerprint density at radius 1 is 1.27 bits per heavy atom. The van der Waals surface area contributed by atoms with Gasteiger partial charge in [-0.05, 0) is 0 Å². The molecule has 0 bridgehead atoms. The van der Waals surface area contributed by atoms with E-state index in [1.165, 1.54) is 0 Å². The molecule has 1 aromatic heterocycles. The summed E-state index contributed by atoms with van der Waals surface area (Å²) in [4.78, 5) is 3.83. The number of hydrogen-bond acceptors (Lipinski definition) is 4. The lowest BCUT2D eigenvalue weighted by atomic mass is 10.4. The van der Waals surface area contributed by atoms with Gasteiger partial charge in [-0.1, -0.05) is 23.2 Å². The van der Waals surface area contributed by atoms with E-state index in [4.69, 9.17) is 23.2 Å². The van der Waals surface area contributed by atoms with Crippen LogP contribution in [0, 0.1) is 0 Å². The van der Waals surface area contributed by atoms with E-state index in [2.05, 4.69) is 21.4 Å². The highest BCUT2D eigenvalue weighted by Crippen LogP contribution is 2.32. The zero-order valence-corrected chi connectivity index (χ0v) is 6.79. The Labute approximate surface area is 72.8 Å². The molecule has 2 heterocycles. The van der Waals surface area contributed by atoms with Gasteiger partial charge in [-0.15, -0.1) is 5.53 Å². The average Bonchev–Trinajstić information content (AvgIpc) is 2.34. The van der Waals surface area contributed by atoms with Crippen molar-refractivity contribution in [2.24, 2.45) is 0 Å². The molecule has 0 saturated heterocycles. The summed E-state index contributed by atoms with van der Waals surface area (Å²) in [6, 6.07) is 1.68. The molecule has 0 saturated carbocycles. The molecule has 58 valence electrons. The van der Waals surface area contributed by atoms with Crippen LogP contribution in [0.1, 0.15) is 0 Å². The van der Waals surface area contributed by atoms with Crippen molar-refractivity contribution in [3.8, 4) is 0 Å². The second kappa shape index (κ2) is 2.41. The SMILES string of the molecule is Clc1cc2c(c(Cl)n1)NNN2. The minimum atomic E-state index is 0.352. The molecule has 2 rings (SSSR count). The number of anilines is 2. The summed E-state index contributed by atoms with van der Waals surface area (Å²) >= 11 is 11.4. The van der Waals surface area contributed by atoms with Crippen molar-refractivity contribution >= 4 is 34.6 Å². The molecule has 0 aliphatic carbocycles. The van der Waals surface area contributed by atoms with Crippen molar-refractivity contribution in [1.82, 2.24) is 10.5 Å². The number of aromatic nitrogens is 1. The van der Waals surface area contributed by atoms with E-state index in [0.29, 0.717) is 10.3 Å². The second-order valence-electron chi connectivity index (χ2n) is 2.03. The van der Waals surface area contributed by atoms with Crippen LogP contribution in [0.2, 0.25) is 10.3 Å². The minimum absolute atomic E-state index is 0.352. The van der Waals surface area contributed by atoms with E-state index in [1.54, 1.807) is 6.07 Å². The Morgan fingerprint density at radius 3 is 2.91 bits per heavy atom. The van der Waals surface area contributed by atoms with Crippen molar-refractivity contribution in [3.05, 3.63) is 16.4 Å². The normalized spacial score (nSPS) is 13.6. The fourth-order valence-corrected chi connectivity index (χ4v) is 1.34. The maximum Gasteiger partial charge on any atom is 0.157 e. The molecule has 0 unspecified atom stereocenters. The third kappa shape index (κ3) is 1.09. The highest BCUT2D eigenvalue weighted by molar-refractivity contribution is 6.35. The van der Waals surface area contributed by atoms with Crippen LogP contribution in [0.5, 0.6) is 0 Å². The quantitative estimate of drug-likeness (QED) is 0.545. The fourth-order valence-electron chi connectivity index (χ4n) is 0.863. The summed E-state index contributed by atoms with van der Waals surface area (Å²) in [5, 5.41) is 0.719. The third-order valence-electron chi connectivity index (χ3n) is 1.33. The first-order valence-corrected chi connectivity index (χ1v) is 3.66. The number of pyridine rings is 1. The van der Waals surface area contributed by atoms with Gasteiger partial charge in [0.05, 0.1) is 5.69 Å². The first-order chi connectivity index (χ1) is 5.27. The van der Waals surface area contributed by atoms with Crippen molar-refractivity contribution in [3.63, 3.8) is 0 Å². The number of halogens is 2. The molecule has 11 heavy (non-hydrogen) atoms. The van der Waals surface area contributed by atoms with Crippen LogP contribution in [-0.4, -0.2) is 4.98 Å². The molecule has 1 aliphatic heterocycles. The van der Waals surface area contributed by atoms with E-state index in [1.807, 2.05) is 0 Å². The molecule has 6 heteroatoms. The first kappa shape index (κ1) is 6.97. The number of nitrogens with zero attached hydrogens (tertiary/aromatic N) is 1. The summed E-state index contributed by atoms with van der Waals surface area (Å²) in [5.74, 6) is 0. The Hall–Kier alpha value is -0.710. The first-order valence-electron chi connectivity index (χ1n) is 2.90. The van der Waals surface area contributed by atoms with Gasteiger partial charge >= 0.3 is 0 Å². The van der Waals surface area contributed by atoms with Crippen molar-refractivity contribution in [1.29, 1.82) is 0 Å². The molecular formula is C5H4Cl2N4. The summed E-state index contributed by atoms with van der Waals surface area (Å²) in [6.45, 7) is 0. The van der Waals surface area contributed by atoms with Gasteiger partial charge in [0.2, 0.25) is 0 Å². The summed E-state index contributed by atoms with van der Waals surface area (Å²) < 4.78 is 0. The molecule has 0 spiro atoms. The van der Waals surface area contributed by atoms with Gasteiger partial charge in [0.1, 0.15) is 10.8 Å². The van der Waals surface area contributed by atoms with Crippen LogP contribution in [0.4, 0.5) is 11.4 Å². The number of fused-ring (bicyclic) bond motifs is 1. The molecule has 4 nitrogen and oxygen atoms in total. The number of rotatable bonds is 0. The zero-order valence-electron chi connectivity index (χ0n) is 5.28. The largest absolute Gasteiger partial charge is 0.302 e. The van der Waals surface area contributed by atoms with Crippen LogP contribution in [0.3, 0.4) is 0 Å². The predicted octanol–water partition coefficient (Wildman–Crippen LogP) is 1.65. The molecule has 0 atom stereocenters. The molecule has 1 aromatic rings. The number of hydrogen-bond donors (Lipinski definition) is 3. The van der Waals surface area contributed by atoms with E-state index in [-0.39, 0.29) is 0 Å². The van der Waals surface area contributed by atoms with Crippen LogP contribution in [0.25, 0.3) is 0 Å². The lowest BCUT2D eigenvalue weighted by molar-refractivity contribution is 1.01. The topological polar surface area (TPSA) is 49.0 Å². The smallest absolute Gasteiger partial charge is 0.157 e. The lowest BCUT2D eigenvalue weighted by Gasteiger charge is -1.98. The molecule has 0 amide bonds. The van der Waals surface area contributed by atoms with Gasteiger partial charge in [-0.3, -0.25) is 5.43 Å². The van der Waals surface area contributed by atoms with E-state index >= 15 is 0 Å². The summed E-state index contributed by atoms with van der Waals surface area (Å²) in [6.07, 6.45) is 0. The summed E-state index contributed by atoms with van der Waals surface area (Å²) in [7, 11) is 0. The molecule has 0 radical (unpaired) electrons. The second-order valence-corrected chi connectivity index (χ2v) is 2.78. The molecular weight excluding hydrogens is 187 g/mol. The minimum Gasteiger partial charge on any atom is -0.302 e. The van der Waals surface area contributed by atoms with Gasteiger partial charge in [-0.25, -0.2) is 4.98 Å². The van der Waals surface area contributed by atoms with Crippen LogP contribution in [-0.2, 0) is 0 Å². The number of nitrogens with one attached hydrogen (secondary N) is 3. The standard InChI is InChI=1S/C5H4Cl2N4/c6-3-1-2-4(5(7)8-3)10-11-9-2/h1,9-11H. The third-order valence-corrected chi connectivity index (χ3v) is 1.80. The molecule has 3 N–H and O–H groups in total. The Morgan fingerprint density at radius 2 is 2.09 bits per heavy atom. The van der Waals surface area contributed by atoms with Gasteiger partial charge in [-0.2, -0.15) is 0 Å². The lowest BCUT2D eigenvalue weighted by Crippen LogP contribution is -2.19. The fraction of sp³-hybridized carbons (Fsp3) is 0. The molecule has 0 fully saturated rings. The molecule has 1 aliphatic rings. The van der Waals surface area contributed by atoms with E-state index in [0.717, 1.165) is 11.4 Å². The molecule has 0 aromatic carbocycles. The van der Waals surface area contributed by atoms with E-state index in [9.17, 15) is 0 Å². The number of hydrazine groups is 2. The average molecular weight is 191 g/mol. The predicted molar refractivity (Wildman–Crippen MR) is 44.6 cm³/mol. The van der Waals surface area contributed by atoms with Crippen molar-refractivity contribution in [2.75, 3.05) is 10.9 Å². The van der Waals surface area contributed by atoms with Gasteiger partial charge < -0.3 is 5.43 Å². The Kier molecular flexibility index (Phi) is 1.52. The monoisotopic (exact) mass is 190 g/mol. The van der Waals surface area contributed by atoms with E-state index < -0.39 is 0 Å². The van der Waals surface area contributed by atoms with Crippen LogP contribution in [0.15, 0.2) is 6.07 Å². The maximum absolute atomic E-state index is 5.74. The highest BCUT2D eigenvalue weighted by Gasteiger charge is 2.14. The van der Waals surface area contributed by atoms with Crippen molar-refractivity contribution in [2.45, 2.75) is 0 Å². The van der Waals surface area contributed by atoms with Crippen LogP contribution < -0.4 is 16.4 Å². The van der Waals surface area contributed by atoms with Crippen LogP contribution >= 0.6 is 23.2 Å². The summed E-state index contributed by atoms with van der Waals surface area (Å²) in [5.41, 5.74) is 9.79. The maximum atomic E-state index is 5.74. The Bertz CT molecular complexity index is 301. The van der Waals surface area contributed by atoms with Gasteiger partial charge in [0, 0.05) is 6.07 Å². The Balaban J connectivity index is 2.60. The highest BCUT2D eigenvalue weighted by atomic mass is 35.5. The zero-order chi connectivity index (χ0) is 7.84. The van der Waals surface area contributed by atoms with Crippen molar-refractivity contribution < 1.29 is 0 Å².